The molecule has 3 N–H and O–H groups in total. The van der Waals surface area contributed by atoms with Gasteiger partial charge in [-0.1, -0.05) is 6.07 Å². The molecule has 0 saturated carbocycles. The normalized spacial score (nSPS) is 17.7. The minimum atomic E-state index is -0.357. The molecule has 0 unspecified atom stereocenters. The zero-order valence-corrected chi connectivity index (χ0v) is 12.5. The Morgan fingerprint density at radius 2 is 1.83 bits per heavy atom. The number of benzene rings is 2. The lowest BCUT2D eigenvalue weighted by Gasteiger charge is -1.99. The number of nitrogens with zero attached hydrogens (tertiary/aromatic N) is 1. The second-order valence-electron chi connectivity index (χ2n) is 4.71. The van der Waals surface area contributed by atoms with Gasteiger partial charge in [0.1, 0.15) is 5.82 Å². The first-order valence-corrected chi connectivity index (χ1v) is 7.40. The Morgan fingerprint density at radius 3 is 2.52 bits per heavy atom. The molecule has 2 aromatic rings. The Kier molecular flexibility index (Phi) is 4.03. The zero-order chi connectivity index (χ0) is 16.4. The molecule has 23 heavy (non-hydrogen) atoms. The number of rotatable bonds is 2. The second-order valence-corrected chi connectivity index (χ2v) is 5.74. The quantitative estimate of drug-likeness (QED) is 0.584. The standard InChI is InChI=1S/C16H11FN2O3S/c17-10-2-4-11(5-3-10)18-16-19-15(22)14(23-16)8-9-1-6-12(20)13(21)7-9/h1-8,20-21H,(H,18,19,22). The van der Waals surface area contributed by atoms with E-state index in [0.717, 1.165) is 11.8 Å². The second kappa shape index (κ2) is 6.13. The van der Waals surface area contributed by atoms with Crippen LogP contribution >= 0.6 is 11.8 Å². The van der Waals surface area contributed by atoms with E-state index in [4.69, 9.17) is 0 Å². The van der Waals surface area contributed by atoms with Gasteiger partial charge in [-0.05, 0) is 59.8 Å². The summed E-state index contributed by atoms with van der Waals surface area (Å²) in [6.07, 6.45) is 1.58. The summed E-state index contributed by atoms with van der Waals surface area (Å²) in [4.78, 5) is 16.6. The van der Waals surface area contributed by atoms with Crippen molar-refractivity contribution in [1.82, 2.24) is 5.32 Å². The maximum atomic E-state index is 12.9. The number of amides is 1. The average molecular weight is 330 g/mol. The smallest absolute Gasteiger partial charge is 0.264 e. The molecule has 0 bridgehead atoms. The number of nitrogens with one attached hydrogen (secondary N) is 1. The van der Waals surface area contributed by atoms with Crippen molar-refractivity contribution >= 4 is 34.6 Å². The lowest BCUT2D eigenvalue weighted by atomic mass is 10.2. The molecule has 2 aromatic carbocycles. The van der Waals surface area contributed by atoms with Crippen LogP contribution in [0.1, 0.15) is 5.56 Å². The first-order valence-electron chi connectivity index (χ1n) is 6.58. The van der Waals surface area contributed by atoms with Gasteiger partial charge in [-0.25, -0.2) is 9.38 Å². The molecule has 1 aliphatic rings. The molecule has 1 fully saturated rings. The SMILES string of the molecule is O=C1NC(=Nc2ccc(F)cc2)SC1=Cc1ccc(O)c(O)c1. The molecule has 0 aromatic heterocycles. The van der Waals surface area contributed by atoms with Gasteiger partial charge in [0.05, 0.1) is 10.6 Å². The van der Waals surface area contributed by atoms with Crippen LogP contribution in [0.25, 0.3) is 6.08 Å². The van der Waals surface area contributed by atoms with Gasteiger partial charge in [-0.2, -0.15) is 0 Å². The van der Waals surface area contributed by atoms with Crippen molar-refractivity contribution in [3.63, 3.8) is 0 Å². The Balaban J connectivity index is 1.83. The molecule has 0 radical (unpaired) electrons. The van der Waals surface area contributed by atoms with E-state index < -0.39 is 0 Å². The molecule has 1 aliphatic heterocycles. The van der Waals surface area contributed by atoms with E-state index in [-0.39, 0.29) is 23.2 Å². The first kappa shape index (κ1) is 15.1. The molecular formula is C16H11FN2O3S. The summed E-state index contributed by atoms with van der Waals surface area (Å²) in [7, 11) is 0. The predicted octanol–water partition coefficient (Wildman–Crippen LogP) is 3.13. The number of amidine groups is 1. The minimum Gasteiger partial charge on any atom is -0.504 e. The summed E-state index contributed by atoms with van der Waals surface area (Å²) < 4.78 is 12.9. The number of thioether (sulfide) groups is 1. The Morgan fingerprint density at radius 1 is 1.09 bits per heavy atom. The van der Waals surface area contributed by atoms with Crippen molar-refractivity contribution in [3.8, 4) is 11.5 Å². The van der Waals surface area contributed by atoms with Gasteiger partial charge in [0.2, 0.25) is 0 Å². The molecule has 5 nitrogen and oxygen atoms in total. The van der Waals surface area contributed by atoms with Crippen LogP contribution in [0.15, 0.2) is 52.4 Å². The summed E-state index contributed by atoms with van der Waals surface area (Å²) in [5.74, 6) is -1.16. The largest absolute Gasteiger partial charge is 0.504 e. The number of halogens is 1. The number of phenolic OH excluding ortho intramolecular Hbond substituents is 2. The van der Waals surface area contributed by atoms with Crippen LogP contribution in [-0.4, -0.2) is 21.3 Å². The number of carbonyl (C=O) groups is 1. The fourth-order valence-corrected chi connectivity index (χ4v) is 2.74. The third-order valence-corrected chi connectivity index (χ3v) is 3.92. The fraction of sp³-hybridized carbons (Fsp3) is 0. The van der Waals surface area contributed by atoms with Crippen LogP contribution in [0.2, 0.25) is 0 Å². The van der Waals surface area contributed by atoms with E-state index in [1.165, 1.54) is 36.4 Å². The number of hydrogen-bond donors (Lipinski definition) is 3. The van der Waals surface area contributed by atoms with E-state index in [0.29, 0.717) is 21.3 Å². The molecule has 1 saturated heterocycles. The molecule has 116 valence electrons. The van der Waals surface area contributed by atoms with Gasteiger partial charge in [0.25, 0.3) is 5.91 Å². The zero-order valence-electron chi connectivity index (χ0n) is 11.7. The van der Waals surface area contributed by atoms with Crippen LogP contribution in [0.3, 0.4) is 0 Å². The van der Waals surface area contributed by atoms with Gasteiger partial charge in [-0.3, -0.25) is 4.79 Å². The summed E-state index contributed by atoms with van der Waals surface area (Å²) in [6, 6.07) is 9.86. The number of carbonyl (C=O) groups excluding carboxylic acids is 1. The summed E-state index contributed by atoms with van der Waals surface area (Å²) in [6.45, 7) is 0. The lowest BCUT2D eigenvalue weighted by molar-refractivity contribution is -0.115. The molecule has 0 spiro atoms. The highest BCUT2D eigenvalue weighted by Gasteiger charge is 2.23. The molecule has 3 rings (SSSR count). The van der Waals surface area contributed by atoms with Crippen molar-refractivity contribution < 1.29 is 19.4 Å². The van der Waals surface area contributed by atoms with E-state index in [1.807, 2.05) is 0 Å². The fourth-order valence-electron chi connectivity index (χ4n) is 1.90. The van der Waals surface area contributed by atoms with Gasteiger partial charge < -0.3 is 15.5 Å². The van der Waals surface area contributed by atoms with Crippen LogP contribution in [0.4, 0.5) is 10.1 Å². The summed E-state index contributed by atoms with van der Waals surface area (Å²) in [5, 5.41) is 21.7. The molecule has 0 atom stereocenters. The van der Waals surface area contributed by atoms with Crippen molar-refractivity contribution in [1.29, 1.82) is 0 Å². The van der Waals surface area contributed by atoms with Gasteiger partial charge >= 0.3 is 0 Å². The van der Waals surface area contributed by atoms with Gasteiger partial charge in [-0.15, -0.1) is 0 Å². The van der Waals surface area contributed by atoms with Crippen LogP contribution in [0, 0.1) is 5.82 Å². The van der Waals surface area contributed by atoms with E-state index in [9.17, 15) is 19.4 Å². The lowest BCUT2D eigenvalue weighted by Crippen LogP contribution is -2.19. The number of phenols is 2. The number of aromatic hydroxyl groups is 2. The summed E-state index contributed by atoms with van der Waals surface area (Å²) >= 11 is 1.14. The number of aliphatic imine (C=N–C) groups is 1. The van der Waals surface area contributed by atoms with E-state index in [2.05, 4.69) is 10.3 Å². The van der Waals surface area contributed by atoms with Gasteiger partial charge in [0, 0.05) is 0 Å². The third kappa shape index (κ3) is 3.51. The third-order valence-electron chi connectivity index (χ3n) is 3.01. The Hall–Kier alpha value is -2.80. The highest BCUT2D eigenvalue weighted by Crippen LogP contribution is 2.30. The van der Waals surface area contributed by atoms with Crippen LogP contribution in [-0.2, 0) is 4.79 Å². The highest BCUT2D eigenvalue weighted by molar-refractivity contribution is 8.18. The molecular weight excluding hydrogens is 319 g/mol. The Labute approximate surface area is 135 Å². The average Bonchev–Trinajstić information content (AvgIpc) is 2.85. The van der Waals surface area contributed by atoms with E-state index >= 15 is 0 Å². The molecule has 1 amide bonds. The maximum absolute atomic E-state index is 12.9. The first-order chi connectivity index (χ1) is 11.0. The van der Waals surface area contributed by atoms with Crippen LogP contribution < -0.4 is 5.32 Å². The van der Waals surface area contributed by atoms with Crippen molar-refractivity contribution in [2.24, 2.45) is 4.99 Å². The van der Waals surface area contributed by atoms with Crippen molar-refractivity contribution in [2.45, 2.75) is 0 Å². The van der Waals surface area contributed by atoms with E-state index in [1.54, 1.807) is 12.1 Å². The minimum absolute atomic E-state index is 0.228. The van der Waals surface area contributed by atoms with Crippen molar-refractivity contribution in [3.05, 3.63) is 58.8 Å². The predicted molar refractivity (Wildman–Crippen MR) is 87.0 cm³/mol. The highest BCUT2D eigenvalue weighted by atomic mass is 32.2. The number of hydrogen-bond acceptors (Lipinski definition) is 5. The van der Waals surface area contributed by atoms with Gasteiger partial charge in [0.15, 0.2) is 16.7 Å². The summed E-state index contributed by atoms with van der Waals surface area (Å²) in [5.41, 5.74) is 1.10. The topological polar surface area (TPSA) is 81.9 Å². The Bertz CT molecular complexity index is 832. The van der Waals surface area contributed by atoms with Crippen LogP contribution in [0.5, 0.6) is 11.5 Å². The molecule has 1 heterocycles. The molecule has 0 aliphatic carbocycles. The molecule has 7 heteroatoms. The maximum Gasteiger partial charge on any atom is 0.264 e. The monoisotopic (exact) mass is 330 g/mol. The van der Waals surface area contributed by atoms with Crippen molar-refractivity contribution in [2.75, 3.05) is 0 Å².